The molecule has 0 spiro atoms. The summed E-state index contributed by atoms with van der Waals surface area (Å²) in [6.07, 6.45) is 1.76. The average molecular weight is 277 g/mol. The smallest absolute Gasteiger partial charge is 0.135 e. The second kappa shape index (κ2) is 5.93. The van der Waals surface area contributed by atoms with E-state index in [1.807, 2.05) is 56.3 Å². The largest absolute Gasteiger partial charge is 0.457 e. The summed E-state index contributed by atoms with van der Waals surface area (Å²) < 4.78 is 5.92. The third-order valence-electron chi connectivity index (χ3n) is 2.79. The predicted molar refractivity (Wildman–Crippen MR) is 79.4 cm³/mol. The number of pyridine rings is 1. The van der Waals surface area contributed by atoms with Gasteiger partial charge in [-0.25, -0.2) is 0 Å². The lowest BCUT2D eigenvalue weighted by atomic mass is 10.2. The van der Waals surface area contributed by atoms with Gasteiger partial charge in [-0.15, -0.1) is 11.6 Å². The molecule has 0 aliphatic rings. The Kier molecular flexibility index (Phi) is 4.27. The average Bonchev–Trinajstić information content (AvgIpc) is 2.39. The van der Waals surface area contributed by atoms with Gasteiger partial charge in [0.05, 0.1) is 5.88 Å². The molecular weight excluding hydrogens is 260 g/mol. The first-order valence-electron chi connectivity index (χ1n) is 6.07. The molecule has 1 heterocycles. The molecule has 0 aliphatic carbocycles. The van der Waals surface area contributed by atoms with Gasteiger partial charge in [-0.05, 0) is 19.1 Å². The van der Waals surface area contributed by atoms with Gasteiger partial charge in [0, 0.05) is 49.4 Å². The third-order valence-corrected chi connectivity index (χ3v) is 3.07. The maximum Gasteiger partial charge on any atom is 0.135 e. The second-order valence-electron chi connectivity index (χ2n) is 4.56. The number of alkyl halides is 1. The zero-order valence-corrected chi connectivity index (χ0v) is 12.1. The number of aromatic nitrogens is 1. The van der Waals surface area contributed by atoms with Crippen LogP contribution in [0.5, 0.6) is 11.5 Å². The summed E-state index contributed by atoms with van der Waals surface area (Å²) in [4.78, 5) is 6.26. The first-order valence-corrected chi connectivity index (χ1v) is 6.60. The molecule has 0 saturated carbocycles. The first kappa shape index (κ1) is 13.7. The second-order valence-corrected chi connectivity index (χ2v) is 4.83. The van der Waals surface area contributed by atoms with Crippen molar-refractivity contribution in [3.8, 4) is 11.5 Å². The number of nitrogens with zero attached hydrogens (tertiary/aromatic N) is 2. The predicted octanol–water partition coefficient (Wildman–Crippen LogP) is 3.99. The number of hydrogen-bond acceptors (Lipinski definition) is 3. The number of rotatable bonds is 4. The Labute approximate surface area is 118 Å². The molecule has 2 rings (SSSR count). The quantitative estimate of drug-likeness (QED) is 0.790. The lowest BCUT2D eigenvalue weighted by Gasteiger charge is -2.15. The van der Waals surface area contributed by atoms with Gasteiger partial charge in [0.2, 0.25) is 0 Å². The van der Waals surface area contributed by atoms with Crippen LogP contribution < -0.4 is 9.64 Å². The maximum absolute atomic E-state index is 5.92. The highest BCUT2D eigenvalue weighted by atomic mass is 35.5. The van der Waals surface area contributed by atoms with Gasteiger partial charge in [0.1, 0.15) is 11.5 Å². The zero-order valence-electron chi connectivity index (χ0n) is 11.4. The van der Waals surface area contributed by atoms with Gasteiger partial charge in [-0.1, -0.05) is 6.07 Å². The molecular formula is C15H17ClN2O. The van der Waals surface area contributed by atoms with Crippen molar-refractivity contribution in [1.29, 1.82) is 0 Å². The molecule has 0 aliphatic heterocycles. The Morgan fingerprint density at radius 2 is 2.05 bits per heavy atom. The third kappa shape index (κ3) is 3.38. The van der Waals surface area contributed by atoms with Crippen LogP contribution in [-0.2, 0) is 5.88 Å². The fourth-order valence-electron chi connectivity index (χ4n) is 1.71. The van der Waals surface area contributed by atoms with Gasteiger partial charge in [0.15, 0.2) is 0 Å². The minimum atomic E-state index is 0.385. The van der Waals surface area contributed by atoms with Crippen LogP contribution in [0.15, 0.2) is 36.5 Å². The molecule has 100 valence electrons. The summed E-state index contributed by atoms with van der Waals surface area (Å²) in [6, 6.07) is 9.83. The minimum absolute atomic E-state index is 0.385. The highest BCUT2D eigenvalue weighted by Crippen LogP contribution is 2.28. The summed E-state index contributed by atoms with van der Waals surface area (Å²) >= 11 is 5.90. The Morgan fingerprint density at radius 3 is 2.74 bits per heavy atom. The monoisotopic (exact) mass is 276 g/mol. The molecule has 19 heavy (non-hydrogen) atoms. The van der Waals surface area contributed by atoms with Crippen molar-refractivity contribution in [3.63, 3.8) is 0 Å². The lowest BCUT2D eigenvalue weighted by molar-refractivity contribution is 0.477. The van der Waals surface area contributed by atoms with E-state index in [9.17, 15) is 0 Å². The Morgan fingerprint density at radius 1 is 1.26 bits per heavy atom. The number of benzene rings is 1. The van der Waals surface area contributed by atoms with E-state index in [4.69, 9.17) is 16.3 Å². The normalized spacial score (nSPS) is 10.3. The lowest BCUT2D eigenvalue weighted by Crippen LogP contribution is -2.08. The Balaban J connectivity index is 2.30. The van der Waals surface area contributed by atoms with Crippen LogP contribution in [-0.4, -0.2) is 19.1 Å². The number of hydrogen-bond donors (Lipinski definition) is 0. The van der Waals surface area contributed by atoms with Crippen molar-refractivity contribution >= 4 is 17.3 Å². The van der Waals surface area contributed by atoms with Crippen molar-refractivity contribution in [3.05, 3.63) is 47.8 Å². The van der Waals surface area contributed by atoms with E-state index in [0.717, 1.165) is 28.4 Å². The van der Waals surface area contributed by atoms with Gasteiger partial charge < -0.3 is 9.64 Å². The first-order chi connectivity index (χ1) is 9.10. The van der Waals surface area contributed by atoms with Crippen LogP contribution in [0.4, 0.5) is 5.69 Å². The molecule has 0 amide bonds. The fraction of sp³-hybridized carbons (Fsp3) is 0.267. The molecule has 1 aromatic carbocycles. The van der Waals surface area contributed by atoms with Gasteiger partial charge in [-0.3, -0.25) is 4.98 Å². The minimum Gasteiger partial charge on any atom is -0.457 e. The number of halogens is 1. The van der Waals surface area contributed by atoms with Crippen LogP contribution in [0.2, 0.25) is 0 Å². The molecule has 0 atom stereocenters. The topological polar surface area (TPSA) is 25.4 Å². The molecule has 4 heteroatoms. The summed E-state index contributed by atoms with van der Waals surface area (Å²) in [5, 5.41) is 0. The molecule has 0 unspecified atom stereocenters. The van der Waals surface area contributed by atoms with Crippen LogP contribution in [0.1, 0.15) is 11.3 Å². The van der Waals surface area contributed by atoms with Crippen molar-refractivity contribution in [2.24, 2.45) is 0 Å². The fourth-order valence-corrected chi connectivity index (χ4v) is 1.91. The summed E-state index contributed by atoms with van der Waals surface area (Å²) in [7, 11) is 4.00. The SMILES string of the molecule is Cc1cc(Oc2cccc(N(C)C)c2)c(CCl)cn1. The van der Waals surface area contributed by atoms with E-state index >= 15 is 0 Å². The molecule has 0 saturated heterocycles. The highest BCUT2D eigenvalue weighted by molar-refractivity contribution is 6.17. The number of ether oxygens (including phenoxy) is 1. The zero-order chi connectivity index (χ0) is 13.8. The maximum atomic E-state index is 5.92. The summed E-state index contributed by atoms with van der Waals surface area (Å²) in [5.41, 5.74) is 2.89. The van der Waals surface area contributed by atoms with Crippen LogP contribution in [0, 0.1) is 6.92 Å². The van der Waals surface area contributed by atoms with E-state index in [1.54, 1.807) is 6.20 Å². The van der Waals surface area contributed by atoms with Gasteiger partial charge >= 0.3 is 0 Å². The number of anilines is 1. The Hall–Kier alpha value is -1.74. The molecule has 0 radical (unpaired) electrons. The Bertz CT molecular complexity index is 570. The van der Waals surface area contributed by atoms with Gasteiger partial charge in [0.25, 0.3) is 0 Å². The standard InChI is InChI=1S/C15H17ClN2O/c1-11-7-15(12(9-16)10-17-11)19-14-6-4-5-13(8-14)18(2)3/h4-8,10H,9H2,1-3H3. The molecule has 0 N–H and O–H groups in total. The molecule has 0 bridgehead atoms. The molecule has 3 nitrogen and oxygen atoms in total. The molecule has 0 fully saturated rings. The highest BCUT2D eigenvalue weighted by Gasteiger charge is 2.06. The van der Waals surface area contributed by atoms with E-state index in [1.165, 1.54) is 0 Å². The van der Waals surface area contributed by atoms with Crippen molar-refractivity contribution in [2.75, 3.05) is 19.0 Å². The number of aryl methyl sites for hydroxylation is 1. The molecule has 1 aromatic heterocycles. The van der Waals surface area contributed by atoms with Crippen molar-refractivity contribution in [1.82, 2.24) is 4.98 Å². The van der Waals surface area contributed by atoms with Crippen molar-refractivity contribution in [2.45, 2.75) is 12.8 Å². The summed E-state index contributed by atoms with van der Waals surface area (Å²) in [5.74, 6) is 1.94. The summed E-state index contributed by atoms with van der Waals surface area (Å²) in [6.45, 7) is 1.93. The van der Waals surface area contributed by atoms with Crippen LogP contribution in [0.3, 0.4) is 0 Å². The van der Waals surface area contributed by atoms with Crippen molar-refractivity contribution < 1.29 is 4.74 Å². The van der Waals surface area contributed by atoms with E-state index in [2.05, 4.69) is 4.98 Å². The van der Waals surface area contributed by atoms with Crippen LogP contribution >= 0.6 is 11.6 Å². The van der Waals surface area contributed by atoms with E-state index in [-0.39, 0.29) is 0 Å². The van der Waals surface area contributed by atoms with Gasteiger partial charge in [-0.2, -0.15) is 0 Å². The molecule has 2 aromatic rings. The van der Waals surface area contributed by atoms with E-state index in [0.29, 0.717) is 5.88 Å². The van der Waals surface area contributed by atoms with E-state index < -0.39 is 0 Å². The van der Waals surface area contributed by atoms with Crippen LogP contribution in [0.25, 0.3) is 0 Å².